The summed E-state index contributed by atoms with van der Waals surface area (Å²) >= 11 is -0.238. The Balaban J connectivity index is 1.64. The lowest BCUT2D eigenvalue weighted by atomic mass is 9.83. The van der Waals surface area contributed by atoms with Crippen molar-refractivity contribution in [3.05, 3.63) is 29.3 Å². The molecular weight excluding hydrogens is 329 g/mol. The number of alkyl halides is 3. The van der Waals surface area contributed by atoms with Crippen LogP contribution >= 0.6 is 11.8 Å². The Morgan fingerprint density at radius 2 is 2.04 bits per heavy atom. The Labute approximate surface area is 136 Å². The lowest BCUT2D eigenvalue weighted by Crippen LogP contribution is -2.35. The quantitative estimate of drug-likeness (QED) is 0.759. The molecule has 0 heterocycles. The van der Waals surface area contributed by atoms with Crippen molar-refractivity contribution in [2.24, 2.45) is 5.92 Å². The first-order chi connectivity index (χ1) is 10.9. The third-order valence-corrected chi connectivity index (χ3v) is 5.13. The molecule has 1 atom stereocenters. The second-order valence-corrected chi connectivity index (χ2v) is 7.03. The molecule has 3 rings (SSSR count). The van der Waals surface area contributed by atoms with E-state index in [-0.39, 0.29) is 34.1 Å². The maximum absolute atomic E-state index is 12.6. The zero-order chi connectivity index (χ0) is 16.6. The topological polar surface area (TPSA) is 35.5 Å². The van der Waals surface area contributed by atoms with Crippen LogP contribution in [0.25, 0.3) is 0 Å². The number of ketones is 1. The van der Waals surface area contributed by atoms with Gasteiger partial charge in [0, 0.05) is 24.0 Å². The highest BCUT2D eigenvalue weighted by Crippen LogP contribution is 2.42. The number of thioether (sulfide) groups is 1. The molecule has 3 nitrogen and oxygen atoms in total. The number of hydrogen-bond acceptors (Lipinski definition) is 4. The van der Waals surface area contributed by atoms with Gasteiger partial charge in [0.05, 0.1) is 12.7 Å². The van der Waals surface area contributed by atoms with E-state index in [1.807, 2.05) is 0 Å². The van der Waals surface area contributed by atoms with Crippen LogP contribution in [0.4, 0.5) is 13.2 Å². The summed E-state index contributed by atoms with van der Waals surface area (Å²) < 4.78 is 48.7. The molecule has 7 heteroatoms. The van der Waals surface area contributed by atoms with Gasteiger partial charge in [-0.25, -0.2) is 0 Å². The number of ether oxygens (including phenoxy) is 2. The van der Waals surface area contributed by atoms with Crippen LogP contribution in [0.5, 0.6) is 0 Å². The second kappa shape index (κ2) is 6.45. The van der Waals surface area contributed by atoms with Crippen molar-refractivity contribution in [2.75, 3.05) is 13.7 Å². The van der Waals surface area contributed by atoms with Crippen LogP contribution in [0.1, 0.15) is 28.8 Å². The lowest BCUT2D eigenvalue weighted by molar-refractivity contribution is -0.0459. The van der Waals surface area contributed by atoms with Gasteiger partial charge in [-0.05, 0) is 42.2 Å². The lowest BCUT2D eigenvalue weighted by Gasteiger charge is -2.34. The van der Waals surface area contributed by atoms with E-state index in [2.05, 4.69) is 0 Å². The molecule has 1 fully saturated rings. The van der Waals surface area contributed by atoms with Crippen LogP contribution in [0, 0.1) is 5.92 Å². The fourth-order valence-corrected chi connectivity index (χ4v) is 3.81. The van der Waals surface area contributed by atoms with Gasteiger partial charge >= 0.3 is 5.51 Å². The van der Waals surface area contributed by atoms with Crippen molar-refractivity contribution in [3.8, 4) is 0 Å². The fourth-order valence-electron chi connectivity index (χ4n) is 3.08. The van der Waals surface area contributed by atoms with Crippen molar-refractivity contribution in [2.45, 2.75) is 41.9 Å². The standard InChI is InChI=1S/C16H17F3O3S/c1-21-11-5-9(6-11)8-22-12-7-10-3-2-4-13(14(10)15(12)20)23-16(17,18)19/h2-4,9,11-12H,5-8H2,1H3. The van der Waals surface area contributed by atoms with Gasteiger partial charge in [-0.3, -0.25) is 4.79 Å². The number of methoxy groups -OCH3 is 1. The number of benzene rings is 1. The zero-order valence-corrected chi connectivity index (χ0v) is 13.4. The van der Waals surface area contributed by atoms with Crippen molar-refractivity contribution in [1.82, 2.24) is 0 Å². The van der Waals surface area contributed by atoms with E-state index < -0.39 is 11.6 Å². The molecule has 2 aliphatic rings. The minimum atomic E-state index is -4.41. The van der Waals surface area contributed by atoms with Gasteiger partial charge in [0.1, 0.15) is 6.10 Å². The SMILES string of the molecule is COC1CC(COC2Cc3cccc(SC(F)(F)F)c3C2=O)C1. The van der Waals surface area contributed by atoms with Crippen molar-refractivity contribution < 1.29 is 27.4 Å². The van der Waals surface area contributed by atoms with E-state index in [1.165, 1.54) is 6.07 Å². The van der Waals surface area contributed by atoms with Gasteiger partial charge in [0.2, 0.25) is 0 Å². The maximum Gasteiger partial charge on any atom is 0.446 e. The first kappa shape index (κ1) is 16.8. The van der Waals surface area contributed by atoms with E-state index >= 15 is 0 Å². The number of carbonyl (C=O) groups excluding carboxylic acids is 1. The Morgan fingerprint density at radius 3 is 2.70 bits per heavy atom. The minimum absolute atomic E-state index is 0.0332. The van der Waals surface area contributed by atoms with Crippen LogP contribution in [0.15, 0.2) is 23.1 Å². The molecule has 1 aromatic rings. The Bertz CT molecular complexity index is 597. The van der Waals surface area contributed by atoms with Crippen LogP contribution in [0.3, 0.4) is 0 Å². The van der Waals surface area contributed by atoms with Crippen molar-refractivity contribution >= 4 is 17.5 Å². The third kappa shape index (κ3) is 3.72. The van der Waals surface area contributed by atoms with E-state index in [0.717, 1.165) is 12.8 Å². The third-order valence-electron chi connectivity index (χ3n) is 4.34. The Morgan fingerprint density at radius 1 is 1.30 bits per heavy atom. The van der Waals surface area contributed by atoms with Crippen molar-refractivity contribution in [3.63, 3.8) is 0 Å². The smallest absolute Gasteiger partial charge is 0.381 e. The summed E-state index contributed by atoms with van der Waals surface area (Å²) in [4.78, 5) is 12.4. The molecule has 2 aliphatic carbocycles. The molecule has 1 unspecified atom stereocenters. The Hall–Kier alpha value is -1.05. The summed E-state index contributed by atoms with van der Waals surface area (Å²) in [6, 6.07) is 4.59. The first-order valence-electron chi connectivity index (χ1n) is 7.43. The molecule has 0 bridgehead atoms. The number of hydrogen-bond donors (Lipinski definition) is 0. The highest BCUT2D eigenvalue weighted by atomic mass is 32.2. The number of carbonyl (C=O) groups is 1. The first-order valence-corrected chi connectivity index (χ1v) is 8.25. The van der Waals surface area contributed by atoms with Crippen molar-refractivity contribution in [1.29, 1.82) is 0 Å². The normalized spacial score (nSPS) is 27.0. The van der Waals surface area contributed by atoms with Gasteiger partial charge in [-0.2, -0.15) is 13.2 Å². The number of halogens is 3. The Kier molecular flexibility index (Phi) is 4.71. The zero-order valence-electron chi connectivity index (χ0n) is 12.6. The molecule has 0 N–H and O–H groups in total. The largest absolute Gasteiger partial charge is 0.446 e. The molecule has 23 heavy (non-hydrogen) atoms. The van der Waals surface area contributed by atoms with Crippen LogP contribution in [-0.2, 0) is 15.9 Å². The average molecular weight is 346 g/mol. The molecule has 126 valence electrons. The molecule has 0 saturated heterocycles. The summed E-state index contributed by atoms with van der Waals surface area (Å²) in [6.45, 7) is 0.450. The van der Waals surface area contributed by atoms with Crippen LogP contribution in [0.2, 0.25) is 0 Å². The summed E-state index contributed by atoms with van der Waals surface area (Å²) in [6.07, 6.45) is 1.75. The predicted octanol–water partition coefficient (Wildman–Crippen LogP) is 3.85. The van der Waals surface area contributed by atoms with E-state index in [9.17, 15) is 18.0 Å². The van der Waals surface area contributed by atoms with Gasteiger partial charge in [0.15, 0.2) is 5.78 Å². The van der Waals surface area contributed by atoms with Crippen LogP contribution in [-0.4, -0.2) is 37.2 Å². The van der Waals surface area contributed by atoms with Gasteiger partial charge < -0.3 is 9.47 Å². The van der Waals surface area contributed by atoms with Gasteiger partial charge in [-0.15, -0.1) is 0 Å². The van der Waals surface area contributed by atoms with Gasteiger partial charge in [-0.1, -0.05) is 12.1 Å². The van der Waals surface area contributed by atoms with Gasteiger partial charge in [0.25, 0.3) is 0 Å². The molecule has 0 aliphatic heterocycles. The highest BCUT2D eigenvalue weighted by Gasteiger charge is 2.38. The molecule has 0 amide bonds. The minimum Gasteiger partial charge on any atom is -0.381 e. The van der Waals surface area contributed by atoms with E-state index in [1.54, 1.807) is 19.2 Å². The molecule has 1 saturated carbocycles. The molecule has 0 spiro atoms. The van der Waals surface area contributed by atoms with E-state index in [4.69, 9.17) is 9.47 Å². The number of rotatable bonds is 5. The molecule has 0 aromatic heterocycles. The maximum atomic E-state index is 12.6. The summed E-state index contributed by atoms with van der Waals surface area (Å²) in [5.41, 5.74) is -3.60. The summed E-state index contributed by atoms with van der Waals surface area (Å²) in [7, 11) is 1.67. The average Bonchev–Trinajstić information content (AvgIpc) is 2.73. The number of fused-ring (bicyclic) bond motifs is 1. The predicted molar refractivity (Wildman–Crippen MR) is 79.6 cm³/mol. The summed E-state index contributed by atoms with van der Waals surface area (Å²) in [5, 5.41) is 0. The molecule has 1 aromatic carbocycles. The molecular formula is C16H17F3O3S. The highest BCUT2D eigenvalue weighted by molar-refractivity contribution is 8.00. The fraction of sp³-hybridized carbons (Fsp3) is 0.562. The van der Waals surface area contributed by atoms with E-state index in [0.29, 0.717) is 24.5 Å². The number of Topliss-reactive ketones (excluding diaryl/α,β-unsaturated/α-hetero) is 1. The monoisotopic (exact) mass is 346 g/mol. The van der Waals surface area contributed by atoms with Crippen LogP contribution < -0.4 is 0 Å². The second-order valence-electron chi connectivity index (χ2n) is 5.92. The molecule has 0 radical (unpaired) electrons. The summed E-state index contributed by atoms with van der Waals surface area (Å²) in [5.74, 6) is 0.0236.